The fourth-order valence-electron chi connectivity index (χ4n) is 2.64. The maximum Gasteiger partial charge on any atom is 0.191 e. The summed E-state index contributed by atoms with van der Waals surface area (Å²) in [6, 6.07) is 18.5. The first-order chi connectivity index (χ1) is 13.2. The van der Waals surface area contributed by atoms with Gasteiger partial charge >= 0.3 is 0 Å². The van der Waals surface area contributed by atoms with Gasteiger partial charge in [-0.05, 0) is 36.1 Å². The van der Waals surface area contributed by atoms with Crippen molar-refractivity contribution in [1.82, 2.24) is 10.6 Å². The van der Waals surface area contributed by atoms with Crippen LogP contribution >= 0.6 is 24.0 Å². The normalized spacial score (nSPS) is 12.0. The van der Waals surface area contributed by atoms with Crippen LogP contribution in [0.3, 0.4) is 0 Å². The maximum absolute atomic E-state index is 5.66. The fraction of sp³-hybridized carbons (Fsp3) is 0.409. The first kappa shape index (κ1) is 24.2. The van der Waals surface area contributed by atoms with Crippen LogP contribution in [0, 0.1) is 0 Å². The number of hydrogen-bond acceptors (Lipinski definition) is 3. The molecule has 6 heteroatoms. The van der Waals surface area contributed by atoms with Gasteiger partial charge in [0.1, 0.15) is 12.4 Å². The average Bonchev–Trinajstić information content (AvgIpc) is 2.71. The minimum absolute atomic E-state index is 0. The molecule has 0 bridgehead atoms. The summed E-state index contributed by atoms with van der Waals surface area (Å²) in [5.74, 6) is 2.08. The van der Waals surface area contributed by atoms with Gasteiger partial charge in [-0.25, -0.2) is 4.99 Å². The zero-order valence-corrected chi connectivity index (χ0v) is 19.3. The molecule has 0 heterocycles. The molecule has 1 unspecified atom stereocenters. The number of rotatable bonds is 10. The standard InChI is InChI=1S/C22H31N3O2.HI/c1-4-23-22(24-16-18(2)20-10-6-5-7-11-20)25-17-19-9-8-12-21(15-19)27-14-13-26-3;/h5-12,15,18H,4,13-14,16-17H2,1-3H3,(H2,23,24,25);1H. The molecule has 5 nitrogen and oxygen atoms in total. The lowest BCUT2D eigenvalue weighted by Gasteiger charge is -2.16. The Morgan fingerprint density at radius 2 is 1.82 bits per heavy atom. The number of hydrogen-bond donors (Lipinski definition) is 2. The van der Waals surface area contributed by atoms with Gasteiger partial charge in [0, 0.05) is 20.2 Å². The van der Waals surface area contributed by atoms with Crippen LogP contribution in [0.2, 0.25) is 0 Å². The average molecular weight is 497 g/mol. The molecule has 2 aromatic carbocycles. The van der Waals surface area contributed by atoms with Crippen molar-refractivity contribution in [2.45, 2.75) is 26.3 Å². The zero-order chi connectivity index (χ0) is 19.3. The second-order valence-electron chi connectivity index (χ2n) is 6.38. The molecule has 0 amide bonds. The van der Waals surface area contributed by atoms with Crippen molar-refractivity contribution < 1.29 is 9.47 Å². The minimum Gasteiger partial charge on any atom is -0.491 e. The lowest BCUT2D eigenvalue weighted by Crippen LogP contribution is -2.39. The third-order valence-corrected chi connectivity index (χ3v) is 4.16. The summed E-state index contributed by atoms with van der Waals surface area (Å²) in [5.41, 5.74) is 2.43. The highest BCUT2D eigenvalue weighted by Crippen LogP contribution is 2.15. The summed E-state index contributed by atoms with van der Waals surface area (Å²) in [4.78, 5) is 4.70. The van der Waals surface area contributed by atoms with Crippen LogP contribution < -0.4 is 15.4 Å². The predicted molar refractivity (Wildman–Crippen MR) is 127 cm³/mol. The molecular formula is C22H32IN3O2. The van der Waals surface area contributed by atoms with Gasteiger partial charge in [0.2, 0.25) is 0 Å². The van der Waals surface area contributed by atoms with Gasteiger partial charge < -0.3 is 20.1 Å². The molecule has 0 spiro atoms. The Morgan fingerprint density at radius 1 is 1.04 bits per heavy atom. The Morgan fingerprint density at radius 3 is 2.54 bits per heavy atom. The van der Waals surface area contributed by atoms with E-state index in [2.05, 4.69) is 54.8 Å². The van der Waals surface area contributed by atoms with Crippen molar-refractivity contribution in [1.29, 1.82) is 0 Å². The van der Waals surface area contributed by atoms with Crippen molar-refractivity contribution in [2.24, 2.45) is 4.99 Å². The van der Waals surface area contributed by atoms with Crippen molar-refractivity contribution >= 4 is 29.9 Å². The summed E-state index contributed by atoms with van der Waals surface area (Å²) < 4.78 is 10.7. The number of benzene rings is 2. The first-order valence-corrected chi connectivity index (χ1v) is 9.50. The smallest absolute Gasteiger partial charge is 0.191 e. The van der Waals surface area contributed by atoms with Crippen LogP contribution in [0.4, 0.5) is 0 Å². The summed E-state index contributed by atoms with van der Waals surface area (Å²) in [6.45, 7) is 7.66. The van der Waals surface area contributed by atoms with Crippen LogP contribution in [-0.4, -0.2) is 39.4 Å². The monoisotopic (exact) mass is 497 g/mol. The predicted octanol–water partition coefficient (Wildman–Crippen LogP) is 4.19. The number of ether oxygens (including phenoxy) is 2. The molecule has 0 radical (unpaired) electrons. The van der Waals surface area contributed by atoms with E-state index < -0.39 is 0 Å². The van der Waals surface area contributed by atoms with Crippen LogP contribution in [0.25, 0.3) is 0 Å². The highest BCUT2D eigenvalue weighted by Gasteiger charge is 2.06. The van der Waals surface area contributed by atoms with Crippen LogP contribution in [0.15, 0.2) is 59.6 Å². The van der Waals surface area contributed by atoms with Crippen molar-refractivity contribution in [3.8, 4) is 5.75 Å². The second kappa shape index (κ2) is 14.2. The molecule has 154 valence electrons. The molecule has 2 N–H and O–H groups in total. The molecule has 0 aliphatic heterocycles. The van der Waals surface area contributed by atoms with E-state index in [9.17, 15) is 0 Å². The molecule has 0 aromatic heterocycles. The Bertz CT molecular complexity index is 695. The van der Waals surface area contributed by atoms with Gasteiger partial charge in [-0.3, -0.25) is 0 Å². The van der Waals surface area contributed by atoms with E-state index in [1.807, 2.05) is 24.3 Å². The third kappa shape index (κ3) is 8.93. The topological polar surface area (TPSA) is 54.9 Å². The number of methoxy groups -OCH3 is 1. The van der Waals surface area contributed by atoms with Crippen LogP contribution in [0.1, 0.15) is 30.9 Å². The largest absolute Gasteiger partial charge is 0.491 e. The lowest BCUT2D eigenvalue weighted by atomic mass is 10.0. The quantitative estimate of drug-likeness (QED) is 0.224. The number of halogens is 1. The zero-order valence-electron chi connectivity index (χ0n) is 17.0. The number of aliphatic imine (C=N–C) groups is 1. The lowest BCUT2D eigenvalue weighted by molar-refractivity contribution is 0.146. The SMILES string of the molecule is CCNC(=NCc1cccc(OCCOC)c1)NCC(C)c1ccccc1.I. The van der Waals surface area contributed by atoms with Gasteiger partial charge in [0.15, 0.2) is 5.96 Å². The van der Waals surface area contributed by atoms with Gasteiger partial charge in [-0.2, -0.15) is 0 Å². The van der Waals surface area contributed by atoms with Crippen molar-refractivity contribution in [2.75, 3.05) is 33.4 Å². The van der Waals surface area contributed by atoms with E-state index >= 15 is 0 Å². The van der Waals surface area contributed by atoms with Gasteiger partial charge in [-0.1, -0.05) is 49.4 Å². The van der Waals surface area contributed by atoms with Gasteiger partial charge in [0.05, 0.1) is 13.2 Å². The molecule has 0 fully saturated rings. The Hall–Kier alpha value is -1.80. The highest BCUT2D eigenvalue weighted by molar-refractivity contribution is 14.0. The molecule has 1 atom stereocenters. The molecule has 2 rings (SSSR count). The van der Waals surface area contributed by atoms with Crippen LogP contribution in [0.5, 0.6) is 5.75 Å². The van der Waals surface area contributed by atoms with E-state index in [1.54, 1.807) is 7.11 Å². The van der Waals surface area contributed by atoms with E-state index in [0.29, 0.717) is 25.7 Å². The third-order valence-electron chi connectivity index (χ3n) is 4.16. The van der Waals surface area contributed by atoms with E-state index in [0.717, 1.165) is 30.4 Å². The Kier molecular flexibility index (Phi) is 12.3. The number of nitrogens with one attached hydrogen (secondary N) is 2. The van der Waals surface area contributed by atoms with Crippen LogP contribution in [-0.2, 0) is 11.3 Å². The highest BCUT2D eigenvalue weighted by atomic mass is 127. The molecule has 0 saturated heterocycles. The summed E-state index contributed by atoms with van der Waals surface area (Å²) in [5, 5.41) is 6.74. The number of nitrogens with zero attached hydrogens (tertiary/aromatic N) is 1. The Balaban J connectivity index is 0.00000392. The second-order valence-corrected chi connectivity index (χ2v) is 6.38. The molecular weight excluding hydrogens is 465 g/mol. The Labute approximate surface area is 186 Å². The van der Waals surface area contributed by atoms with E-state index in [4.69, 9.17) is 14.5 Å². The molecule has 28 heavy (non-hydrogen) atoms. The summed E-state index contributed by atoms with van der Waals surface area (Å²) >= 11 is 0. The molecule has 2 aromatic rings. The number of guanidine groups is 1. The summed E-state index contributed by atoms with van der Waals surface area (Å²) in [6.07, 6.45) is 0. The van der Waals surface area contributed by atoms with Crippen molar-refractivity contribution in [3.05, 3.63) is 65.7 Å². The van der Waals surface area contributed by atoms with E-state index in [1.165, 1.54) is 5.56 Å². The first-order valence-electron chi connectivity index (χ1n) is 9.50. The maximum atomic E-state index is 5.66. The molecule has 0 saturated carbocycles. The van der Waals surface area contributed by atoms with E-state index in [-0.39, 0.29) is 24.0 Å². The fourth-order valence-corrected chi connectivity index (χ4v) is 2.64. The summed E-state index contributed by atoms with van der Waals surface area (Å²) in [7, 11) is 1.67. The molecule has 0 aliphatic carbocycles. The van der Waals surface area contributed by atoms with Gasteiger partial charge in [-0.15, -0.1) is 24.0 Å². The minimum atomic E-state index is 0. The molecule has 0 aliphatic rings. The van der Waals surface area contributed by atoms with Gasteiger partial charge in [0.25, 0.3) is 0 Å². The van der Waals surface area contributed by atoms with Crippen molar-refractivity contribution in [3.63, 3.8) is 0 Å².